The van der Waals surface area contributed by atoms with Crippen LogP contribution in [0.4, 0.5) is 0 Å². The van der Waals surface area contributed by atoms with Gasteiger partial charge in [0.15, 0.2) is 0 Å². The summed E-state index contributed by atoms with van der Waals surface area (Å²) >= 11 is 0. The van der Waals surface area contributed by atoms with Crippen LogP contribution in [0, 0.1) is 40.9 Å². The molecule has 0 aromatic carbocycles. The first-order chi connectivity index (χ1) is 6.81. The fraction of sp³-hybridized carbons (Fsp3) is 0.750. The molecule has 1 aliphatic heterocycles. The van der Waals surface area contributed by atoms with Crippen LogP contribution in [0.1, 0.15) is 26.2 Å². The zero-order chi connectivity index (χ0) is 9.97. The molecular weight excluding hydrogens is 174 g/mol. The molecule has 0 aromatic rings. The summed E-state index contributed by atoms with van der Waals surface area (Å²) in [4.78, 5) is 0. The monoisotopic (exact) mass is 189 g/mol. The highest BCUT2D eigenvalue weighted by molar-refractivity contribution is 5.14. The van der Waals surface area contributed by atoms with Gasteiger partial charge >= 0.3 is 0 Å². The maximum absolute atomic E-state index is 8.93. The van der Waals surface area contributed by atoms with Gasteiger partial charge in [-0.15, -0.1) is 0 Å². The molecule has 0 radical (unpaired) electrons. The van der Waals surface area contributed by atoms with E-state index in [1.54, 1.807) is 0 Å². The lowest BCUT2D eigenvalue weighted by atomic mass is 9.80. The van der Waals surface area contributed by atoms with Crippen molar-refractivity contribution in [1.82, 2.24) is 0 Å². The molecule has 0 amide bonds. The summed E-state index contributed by atoms with van der Waals surface area (Å²) in [7, 11) is 0. The van der Waals surface area contributed by atoms with Crippen LogP contribution in [0.25, 0.3) is 0 Å². The molecule has 0 spiro atoms. The molecule has 2 heteroatoms. The van der Waals surface area contributed by atoms with Gasteiger partial charge < -0.3 is 4.74 Å². The highest BCUT2D eigenvalue weighted by Crippen LogP contribution is 2.33. The van der Waals surface area contributed by atoms with Crippen LogP contribution in [-0.4, -0.2) is 12.7 Å². The van der Waals surface area contributed by atoms with Crippen LogP contribution in [0.3, 0.4) is 0 Å². The van der Waals surface area contributed by atoms with E-state index in [9.17, 15) is 0 Å². The number of fused-ring (bicyclic) bond motifs is 1. The van der Waals surface area contributed by atoms with E-state index in [1.807, 2.05) is 0 Å². The van der Waals surface area contributed by atoms with Crippen LogP contribution in [0.5, 0.6) is 0 Å². The second kappa shape index (κ2) is 4.03. The Morgan fingerprint density at radius 2 is 2.36 bits per heavy atom. The van der Waals surface area contributed by atoms with Gasteiger partial charge in [-0.3, -0.25) is 0 Å². The van der Waals surface area contributed by atoms with Gasteiger partial charge in [0.2, 0.25) is 0 Å². The van der Waals surface area contributed by atoms with E-state index in [2.05, 4.69) is 24.8 Å². The molecule has 0 saturated carbocycles. The minimum atomic E-state index is 0.0945. The molecule has 2 nitrogen and oxygen atoms in total. The Labute approximate surface area is 85.2 Å². The second-order valence-electron chi connectivity index (χ2n) is 4.31. The first-order valence-corrected chi connectivity index (χ1v) is 5.31. The Hall–Kier alpha value is -0.990. The summed E-state index contributed by atoms with van der Waals surface area (Å²) in [6.07, 6.45) is 2.88. The van der Waals surface area contributed by atoms with Crippen LogP contribution in [-0.2, 0) is 4.74 Å². The van der Waals surface area contributed by atoms with Gasteiger partial charge in [0.25, 0.3) is 0 Å². The van der Waals surface area contributed by atoms with Crippen molar-refractivity contribution in [3.05, 3.63) is 0 Å². The Morgan fingerprint density at radius 1 is 1.50 bits per heavy atom. The lowest BCUT2D eigenvalue weighted by molar-refractivity contribution is -0.0243. The van der Waals surface area contributed by atoms with E-state index in [0.29, 0.717) is 11.8 Å². The van der Waals surface area contributed by atoms with Gasteiger partial charge in [0.05, 0.1) is 12.0 Å². The van der Waals surface area contributed by atoms with Crippen molar-refractivity contribution in [2.75, 3.05) is 6.61 Å². The number of ether oxygens (including phenoxy) is 1. The highest BCUT2D eigenvalue weighted by atomic mass is 16.5. The Morgan fingerprint density at radius 3 is 3.14 bits per heavy atom. The van der Waals surface area contributed by atoms with Crippen LogP contribution in [0.2, 0.25) is 0 Å². The third-order valence-electron chi connectivity index (χ3n) is 3.32. The molecule has 1 aliphatic carbocycles. The van der Waals surface area contributed by atoms with Crippen LogP contribution < -0.4 is 0 Å². The predicted molar refractivity (Wildman–Crippen MR) is 53.1 cm³/mol. The molecule has 14 heavy (non-hydrogen) atoms. The maximum Gasteiger partial charge on any atom is 0.121 e. The molecule has 1 fully saturated rings. The molecular formula is C12H15NO. The lowest BCUT2D eigenvalue weighted by Gasteiger charge is -2.33. The Balaban J connectivity index is 2.14. The largest absolute Gasteiger partial charge is 0.365 e. The maximum atomic E-state index is 8.93. The van der Waals surface area contributed by atoms with Crippen molar-refractivity contribution < 1.29 is 4.74 Å². The number of hydrogen-bond acceptors (Lipinski definition) is 2. The van der Waals surface area contributed by atoms with E-state index in [1.165, 1.54) is 0 Å². The number of rotatable bonds is 0. The Bertz CT molecular complexity index is 307. The van der Waals surface area contributed by atoms with E-state index in [4.69, 9.17) is 10.00 Å². The average Bonchev–Trinajstić information content (AvgIpc) is 2.40. The first-order valence-electron chi connectivity index (χ1n) is 5.31. The summed E-state index contributed by atoms with van der Waals surface area (Å²) in [5.41, 5.74) is 0. The third kappa shape index (κ3) is 1.76. The summed E-state index contributed by atoms with van der Waals surface area (Å²) in [5, 5.41) is 8.93. The quantitative estimate of drug-likeness (QED) is 0.546. The molecule has 2 rings (SSSR count). The molecule has 74 valence electrons. The van der Waals surface area contributed by atoms with Crippen molar-refractivity contribution in [1.29, 1.82) is 5.26 Å². The Kier molecular flexibility index (Phi) is 2.75. The molecule has 0 bridgehead atoms. The number of hydrogen-bond donors (Lipinski definition) is 0. The summed E-state index contributed by atoms with van der Waals surface area (Å²) < 4.78 is 5.64. The minimum Gasteiger partial charge on any atom is -0.365 e. The SMILES string of the molecule is CC1CCOC2C#CCC(C#N)CC12. The standard InChI is InChI=1S/C12H15NO/c1-9-5-6-14-12-4-2-3-10(8-13)7-11(9)12/h9-12H,3,5-7H2,1H3. The fourth-order valence-corrected chi connectivity index (χ4v) is 2.31. The number of nitrogens with zero attached hydrogens (tertiary/aromatic N) is 1. The van der Waals surface area contributed by atoms with Gasteiger partial charge in [-0.05, 0) is 18.8 Å². The summed E-state index contributed by atoms with van der Waals surface area (Å²) in [5.74, 6) is 7.46. The van der Waals surface area contributed by atoms with Gasteiger partial charge in [-0.25, -0.2) is 0 Å². The van der Waals surface area contributed by atoms with Crippen molar-refractivity contribution in [3.63, 3.8) is 0 Å². The zero-order valence-corrected chi connectivity index (χ0v) is 8.49. The average molecular weight is 189 g/mol. The molecule has 4 unspecified atom stereocenters. The molecule has 4 atom stereocenters. The molecule has 2 aliphatic rings. The summed E-state index contributed by atoms with van der Waals surface area (Å²) in [6, 6.07) is 2.34. The predicted octanol–water partition coefficient (Wildman–Crippen LogP) is 1.96. The topological polar surface area (TPSA) is 33.0 Å². The fourth-order valence-electron chi connectivity index (χ4n) is 2.31. The zero-order valence-electron chi connectivity index (χ0n) is 8.49. The normalized spacial score (nSPS) is 41.1. The lowest BCUT2D eigenvalue weighted by Crippen LogP contribution is -2.34. The van der Waals surface area contributed by atoms with Crippen molar-refractivity contribution in [2.45, 2.75) is 32.3 Å². The molecule has 0 N–H and O–H groups in total. The van der Waals surface area contributed by atoms with Crippen molar-refractivity contribution in [2.24, 2.45) is 17.8 Å². The van der Waals surface area contributed by atoms with E-state index in [-0.39, 0.29) is 12.0 Å². The summed E-state index contributed by atoms with van der Waals surface area (Å²) in [6.45, 7) is 3.08. The van der Waals surface area contributed by atoms with E-state index in [0.717, 1.165) is 25.9 Å². The highest BCUT2D eigenvalue weighted by Gasteiger charge is 2.33. The molecule has 0 aromatic heterocycles. The number of nitriles is 1. The van der Waals surface area contributed by atoms with Gasteiger partial charge in [0.1, 0.15) is 6.10 Å². The molecule has 1 heterocycles. The van der Waals surface area contributed by atoms with Gasteiger partial charge in [-0.1, -0.05) is 18.8 Å². The van der Waals surface area contributed by atoms with E-state index >= 15 is 0 Å². The van der Waals surface area contributed by atoms with Crippen molar-refractivity contribution >= 4 is 0 Å². The second-order valence-corrected chi connectivity index (χ2v) is 4.31. The smallest absolute Gasteiger partial charge is 0.121 e. The van der Waals surface area contributed by atoms with Crippen LogP contribution in [0.15, 0.2) is 0 Å². The van der Waals surface area contributed by atoms with Gasteiger partial charge in [-0.2, -0.15) is 5.26 Å². The van der Waals surface area contributed by atoms with E-state index < -0.39 is 0 Å². The third-order valence-corrected chi connectivity index (χ3v) is 3.32. The van der Waals surface area contributed by atoms with Gasteiger partial charge in [0, 0.05) is 18.9 Å². The minimum absolute atomic E-state index is 0.0945. The van der Waals surface area contributed by atoms with Crippen LogP contribution >= 0.6 is 0 Å². The van der Waals surface area contributed by atoms with Crippen molar-refractivity contribution in [3.8, 4) is 17.9 Å². The first kappa shape index (κ1) is 9.56. The molecule has 1 saturated heterocycles.